The fraction of sp³-hybridized carbons (Fsp3) is 0.714. The van der Waals surface area contributed by atoms with Crippen molar-refractivity contribution in [3.8, 4) is 0 Å². The van der Waals surface area contributed by atoms with Crippen LogP contribution in [-0.4, -0.2) is 6.61 Å². The number of hydrogen-bond acceptors (Lipinski definition) is 2. The van der Waals surface area contributed by atoms with Crippen molar-refractivity contribution in [2.24, 2.45) is 11.3 Å². The maximum absolute atomic E-state index is 4.81. The molecule has 0 aromatic rings. The number of rotatable bonds is 2. The largest absolute Gasteiger partial charge is 0.300 e. The van der Waals surface area contributed by atoms with E-state index in [1.807, 2.05) is 6.08 Å². The first-order valence-electron chi connectivity index (χ1n) is 3.05. The highest BCUT2D eigenvalue weighted by Gasteiger charge is 2.01. The minimum atomic E-state index is 0.235. The molecule has 0 aliphatic rings. The lowest BCUT2D eigenvalue weighted by Gasteiger charge is -2.10. The van der Waals surface area contributed by atoms with Gasteiger partial charge in [-0.15, -0.1) is 0 Å². The van der Waals surface area contributed by atoms with Gasteiger partial charge in [-0.3, -0.25) is 0 Å². The summed E-state index contributed by atoms with van der Waals surface area (Å²) in [4.78, 5) is 4.35. The van der Waals surface area contributed by atoms with Gasteiger partial charge in [-0.05, 0) is 5.41 Å². The van der Waals surface area contributed by atoms with E-state index < -0.39 is 0 Å². The van der Waals surface area contributed by atoms with Crippen LogP contribution in [0.1, 0.15) is 20.8 Å². The zero-order chi connectivity index (χ0) is 7.33. The molecule has 0 atom stereocenters. The van der Waals surface area contributed by atoms with Crippen LogP contribution in [0.2, 0.25) is 0 Å². The second kappa shape index (κ2) is 3.64. The maximum Gasteiger partial charge on any atom is 0.0860 e. The fourth-order valence-corrected chi connectivity index (χ4v) is 0.457. The Morgan fingerprint density at radius 2 is 2.00 bits per heavy atom. The third-order valence-electron chi connectivity index (χ3n) is 0.810. The molecule has 0 amide bonds. The fourth-order valence-electron chi connectivity index (χ4n) is 0.457. The van der Waals surface area contributed by atoms with Gasteiger partial charge in [0.15, 0.2) is 0 Å². The van der Waals surface area contributed by atoms with Crippen molar-refractivity contribution in [2.45, 2.75) is 20.8 Å². The summed E-state index contributed by atoms with van der Waals surface area (Å²) in [6.07, 6.45) is 3.99. The van der Waals surface area contributed by atoms with E-state index in [2.05, 4.69) is 31.7 Å². The average molecular weight is 129 g/mol. The van der Waals surface area contributed by atoms with Gasteiger partial charge in [0.25, 0.3) is 0 Å². The topological polar surface area (TPSA) is 35.2 Å². The summed E-state index contributed by atoms with van der Waals surface area (Å²) >= 11 is 0. The Balaban J connectivity index is 3.45. The zero-order valence-electron chi connectivity index (χ0n) is 6.35. The lowest BCUT2D eigenvalue weighted by Crippen LogP contribution is -2.02. The van der Waals surface area contributed by atoms with E-state index in [0.717, 1.165) is 0 Å². The highest BCUT2D eigenvalue weighted by atomic mass is 16.6. The van der Waals surface area contributed by atoms with Crippen molar-refractivity contribution in [1.82, 2.24) is 0 Å². The zero-order valence-corrected chi connectivity index (χ0v) is 6.35. The molecule has 0 aromatic heterocycles. The molecule has 0 aromatic carbocycles. The van der Waals surface area contributed by atoms with E-state index >= 15 is 0 Å². The summed E-state index contributed by atoms with van der Waals surface area (Å²) in [5.41, 5.74) is 0.235. The number of nitrogens with two attached hydrogens (primary N) is 1. The minimum Gasteiger partial charge on any atom is -0.300 e. The standard InChI is InChI=1S/C7H15NO/c1-7(2,3)5-4-6-9-8/h4-5H,6,8H2,1-3H3/b5-4+. The van der Waals surface area contributed by atoms with Gasteiger partial charge in [0, 0.05) is 0 Å². The van der Waals surface area contributed by atoms with Gasteiger partial charge < -0.3 is 4.84 Å². The summed E-state index contributed by atoms with van der Waals surface area (Å²) in [6, 6.07) is 0. The van der Waals surface area contributed by atoms with Crippen LogP contribution in [0.3, 0.4) is 0 Å². The van der Waals surface area contributed by atoms with Gasteiger partial charge in [0.05, 0.1) is 6.61 Å². The lowest BCUT2D eigenvalue weighted by atomic mass is 9.96. The van der Waals surface area contributed by atoms with E-state index in [4.69, 9.17) is 5.90 Å². The van der Waals surface area contributed by atoms with Crippen LogP contribution in [0.25, 0.3) is 0 Å². The normalized spacial score (nSPS) is 12.9. The van der Waals surface area contributed by atoms with Gasteiger partial charge in [0.1, 0.15) is 0 Å². The third-order valence-corrected chi connectivity index (χ3v) is 0.810. The molecule has 0 saturated heterocycles. The summed E-state index contributed by atoms with van der Waals surface area (Å²) in [5, 5.41) is 0. The van der Waals surface area contributed by atoms with Crippen molar-refractivity contribution in [1.29, 1.82) is 0 Å². The van der Waals surface area contributed by atoms with E-state index in [0.29, 0.717) is 6.61 Å². The predicted molar refractivity (Wildman–Crippen MR) is 38.7 cm³/mol. The number of hydrogen-bond donors (Lipinski definition) is 1. The first-order valence-corrected chi connectivity index (χ1v) is 3.05. The monoisotopic (exact) mass is 129 g/mol. The van der Waals surface area contributed by atoms with Crippen molar-refractivity contribution >= 4 is 0 Å². The second-order valence-corrected chi connectivity index (χ2v) is 3.10. The summed E-state index contributed by atoms with van der Waals surface area (Å²) < 4.78 is 0. The van der Waals surface area contributed by atoms with Crippen LogP contribution in [0.15, 0.2) is 12.2 Å². The Morgan fingerprint density at radius 3 is 2.33 bits per heavy atom. The van der Waals surface area contributed by atoms with Crippen LogP contribution < -0.4 is 5.90 Å². The molecule has 0 saturated carbocycles. The first-order chi connectivity index (χ1) is 4.06. The molecule has 2 nitrogen and oxygen atoms in total. The van der Waals surface area contributed by atoms with Crippen LogP contribution >= 0.6 is 0 Å². The van der Waals surface area contributed by atoms with Gasteiger partial charge in [-0.2, -0.15) is 0 Å². The maximum atomic E-state index is 4.81. The predicted octanol–water partition coefficient (Wildman–Crippen LogP) is 1.48. The second-order valence-electron chi connectivity index (χ2n) is 3.10. The molecule has 0 aliphatic heterocycles. The minimum absolute atomic E-state index is 0.235. The average Bonchev–Trinajstić information content (AvgIpc) is 1.63. The Morgan fingerprint density at radius 1 is 1.44 bits per heavy atom. The smallest absolute Gasteiger partial charge is 0.0860 e. The molecular weight excluding hydrogens is 114 g/mol. The molecule has 2 N–H and O–H groups in total. The summed E-state index contributed by atoms with van der Waals surface area (Å²) in [6.45, 7) is 6.87. The van der Waals surface area contributed by atoms with Crippen LogP contribution in [0.5, 0.6) is 0 Å². The first kappa shape index (κ1) is 8.66. The van der Waals surface area contributed by atoms with Crippen molar-refractivity contribution in [3.05, 3.63) is 12.2 Å². The molecule has 0 unspecified atom stereocenters. The molecule has 0 radical (unpaired) electrons. The quantitative estimate of drug-likeness (QED) is 0.452. The Labute approximate surface area is 56.6 Å². The Hall–Kier alpha value is -0.340. The van der Waals surface area contributed by atoms with Crippen molar-refractivity contribution in [3.63, 3.8) is 0 Å². The molecule has 54 valence electrons. The molecule has 2 heteroatoms. The molecular formula is C7H15NO. The van der Waals surface area contributed by atoms with Crippen LogP contribution in [-0.2, 0) is 4.84 Å². The Kier molecular flexibility index (Phi) is 3.50. The van der Waals surface area contributed by atoms with E-state index in [1.165, 1.54) is 0 Å². The highest BCUT2D eigenvalue weighted by Crippen LogP contribution is 2.13. The van der Waals surface area contributed by atoms with Crippen molar-refractivity contribution < 1.29 is 4.84 Å². The molecule has 0 fully saturated rings. The molecule has 0 spiro atoms. The SMILES string of the molecule is CC(C)(C)/C=C/CON. The molecule has 0 bridgehead atoms. The van der Waals surface area contributed by atoms with E-state index in [9.17, 15) is 0 Å². The van der Waals surface area contributed by atoms with Crippen LogP contribution in [0.4, 0.5) is 0 Å². The van der Waals surface area contributed by atoms with Gasteiger partial charge in [0.2, 0.25) is 0 Å². The molecule has 0 rings (SSSR count). The van der Waals surface area contributed by atoms with E-state index in [-0.39, 0.29) is 5.41 Å². The lowest BCUT2D eigenvalue weighted by molar-refractivity contribution is 0.167. The molecule has 9 heavy (non-hydrogen) atoms. The molecule has 0 aliphatic carbocycles. The Bertz CT molecular complexity index is 91.6. The highest BCUT2D eigenvalue weighted by molar-refractivity contribution is 4.91. The third kappa shape index (κ3) is 7.66. The number of allylic oxidation sites excluding steroid dienone is 1. The van der Waals surface area contributed by atoms with Gasteiger partial charge >= 0.3 is 0 Å². The van der Waals surface area contributed by atoms with Gasteiger partial charge in [-0.1, -0.05) is 32.9 Å². The summed E-state index contributed by atoms with van der Waals surface area (Å²) in [5.74, 6) is 4.81. The van der Waals surface area contributed by atoms with Gasteiger partial charge in [-0.25, -0.2) is 5.90 Å². The summed E-state index contributed by atoms with van der Waals surface area (Å²) in [7, 11) is 0. The van der Waals surface area contributed by atoms with Crippen molar-refractivity contribution in [2.75, 3.05) is 6.61 Å². The van der Waals surface area contributed by atoms with E-state index in [1.54, 1.807) is 0 Å². The molecule has 0 heterocycles. The van der Waals surface area contributed by atoms with Crippen LogP contribution in [0, 0.1) is 5.41 Å².